The van der Waals surface area contributed by atoms with Crippen LogP contribution in [0.25, 0.3) is 11.0 Å². The summed E-state index contributed by atoms with van der Waals surface area (Å²) in [5.41, 5.74) is 2.32. The van der Waals surface area contributed by atoms with Crippen molar-refractivity contribution in [2.24, 2.45) is 0 Å². The first-order valence-electron chi connectivity index (χ1n) is 6.92. The molecule has 2 aromatic heterocycles. The van der Waals surface area contributed by atoms with Gasteiger partial charge in [0.15, 0.2) is 0 Å². The summed E-state index contributed by atoms with van der Waals surface area (Å²) in [7, 11) is 0. The van der Waals surface area contributed by atoms with Gasteiger partial charge < -0.3 is 9.47 Å². The Labute approximate surface area is 117 Å². The topological polar surface area (TPSA) is 34.0 Å². The minimum Gasteiger partial charge on any atom is -0.352 e. The number of anilines is 1. The molecule has 0 saturated carbocycles. The second-order valence-electron chi connectivity index (χ2n) is 5.26. The Kier molecular flexibility index (Phi) is 2.49. The predicted molar refractivity (Wildman–Crippen MR) is 80.0 cm³/mol. The Balaban J connectivity index is 1.62. The smallest absolute Gasteiger partial charge is 0.128 e. The lowest BCUT2D eigenvalue weighted by atomic mass is 10.1. The van der Waals surface area contributed by atoms with Crippen LogP contribution in [0.2, 0.25) is 0 Å². The molecule has 4 heteroatoms. The van der Waals surface area contributed by atoms with E-state index < -0.39 is 0 Å². The third-order valence-electron chi connectivity index (χ3n) is 3.97. The van der Waals surface area contributed by atoms with E-state index in [-0.39, 0.29) is 0 Å². The molecule has 1 aliphatic heterocycles. The van der Waals surface area contributed by atoms with Crippen molar-refractivity contribution in [3.8, 4) is 0 Å². The summed E-state index contributed by atoms with van der Waals surface area (Å²) in [4.78, 5) is 11.3. The molecular weight excluding hydrogens is 248 g/mol. The Morgan fingerprint density at radius 1 is 1.05 bits per heavy atom. The number of aryl methyl sites for hydroxylation is 1. The average Bonchev–Trinajstić information content (AvgIpc) is 2.75. The molecule has 0 spiro atoms. The minimum absolute atomic E-state index is 0.490. The van der Waals surface area contributed by atoms with E-state index in [0.29, 0.717) is 6.04 Å². The van der Waals surface area contributed by atoms with E-state index in [0.717, 1.165) is 30.2 Å². The van der Waals surface area contributed by atoms with E-state index in [1.807, 2.05) is 24.4 Å². The van der Waals surface area contributed by atoms with Gasteiger partial charge in [-0.3, -0.25) is 0 Å². The molecule has 1 fully saturated rings. The van der Waals surface area contributed by atoms with Crippen LogP contribution in [-0.2, 0) is 0 Å². The normalized spacial score (nSPS) is 15.6. The molecule has 0 atom stereocenters. The summed E-state index contributed by atoms with van der Waals surface area (Å²) < 4.78 is 2.36. The Hall–Kier alpha value is -2.36. The van der Waals surface area contributed by atoms with Crippen LogP contribution >= 0.6 is 0 Å². The number of imidazole rings is 1. The van der Waals surface area contributed by atoms with Crippen molar-refractivity contribution >= 4 is 16.9 Å². The van der Waals surface area contributed by atoms with Crippen LogP contribution in [0, 0.1) is 6.92 Å². The summed E-state index contributed by atoms with van der Waals surface area (Å²) in [6.07, 6.45) is 1.85. The van der Waals surface area contributed by atoms with E-state index in [9.17, 15) is 0 Å². The van der Waals surface area contributed by atoms with Gasteiger partial charge in [-0.05, 0) is 31.2 Å². The zero-order valence-electron chi connectivity index (χ0n) is 11.4. The van der Waals surface area contributed by atoms with Gasteiger partial charge in [0, 0.05) is 19.3 Å². The molecule has 4 rings (SSSR count). The minimum atomic E-state index is 0.490. The van der Waals surface area contributed by atoms with E-state index >= 15 is 0 Å². The number of rotatable bonds is 2. The van der Waals surface area contributed by atoms with Crippen LogP contribution < -0.4 is 4.90 Å². The molecule has 1 aromatic carbocycles. The molecule has 0 unspecified atom stereocenters. The third-order valence-corrected chi connectivity index (χ3v) is 3.97. The lowest BCUT2D eigenvalue weighted by molar-refractivity contribution is 0.399. The zero-order valence-corrected chi connectivity index (χ0v) is 11.4. The first-order valence-corrected chi connectivity index (χ1v) is 6.92. The highest BCUT2D eigenvalue weighted by atomic mass is 15.3. The number of hydrogen-bond donors (Lipinski definition) is 0. The summed E-state index contributed by atoms with van der Waals surface area (Å²) in [5, 5.41) is 0. The van der Waals surface area contributed by atoms with E-state index in [4.69, 9.17) is 0 Å². The average molecular weight is 264 g/mol. The van der Waals surface area contributed by atoms with Crippen molar-refractivity contribution in [1.82, 2.24) is 14.5 Å². The van der Waals surface area contributed by atoms with E-state index in [1.165, 1.54) is 5.52 Å². The first kappa shape index (κ1) is 11.5. The number of hydrogen-bond acceptors (Lipinski definition) is 3. The Bertz CT molecular complexity index is 742. The van der Waals surface area contributed by atoms with Gasteiger partial charge in [-0.15, -0.1) is 0 Å². The molecule has 3 aromatic rings. The molecule has 0 aliphatic carbocycles. The molecule has 0 amide bonds. The molecule has 100 valence electrons. The molecule has 0 N–H and O–H groups in total. The molecule has 20 heavy (non-hydrogen) atoms. The molecule has 0 radical (unpaired) electrons. The first-order chi connectivity index (χ1) is 9.83. The van der Waals surface area contributed by atoms with Gasteiger partial charge in [-0.2, -0.15) is 0 Å². The Morgan fingerprint density at radius 3 is 2.65 bits per heavy atom. The van der Waals surface area contributed by atoms with E-state index in [2.05, 4.69) is 50.6 Å². The van der Waals surface area contributed by atoms with Crippen LogP contribution in [0.4, 0.5) is 5.82 Å². The number of para-hydroxylation sites is 2. The van der Waals surface area contributed by atoms with Gasteiger partial charge in [-0.25, -0.2) is 9.97 Å². The van der Waals surface area contributed by atoms with Gasteiger partial charge in [0.25, 0.3) is 0 Å². The lowest BCUT2D eigenvalue weighted by Gasteiger charge is -2.41. The molecule has 1 aliphatic rings. The maximum absolute atomic E-state index is 4.64. The summed E-state index contributed by atoms with van der Waals surface area (Å²) >= 11 is 0. The van der Waals surface area contributed by atoms with Crippen molar-refractivity contribution in [2.45, 2.75) is 13.0 Å². The number of benzene rings is 1. The highest BCUT2D eigenvalue weighted by Crippen LogP contribution is 2.30. The lowest BCUT2D eigenvalue weighted by Crippen LogP contribution is -2.48. The summed E-state index contributed by atoms with van der Waals surface area (Å²) in [6.45, 7) is 4.08. The quantitative estimate of drug-likeness (QED) is 0.713. The molecule has 4 nitrogen and oxygen atoms in total. The number of nitrogens with zero attached hydrogens (tertiary/aromatic N) is 4. The van der Waals surface area contributed by atoms with Gasteiger partial charge in [-0.1, -0.05) is 18.2 Å². The zero-order chi connectivity index (χ0) is 13.5. The van der Waals surface area contributed by atoms with Crippen molar-refractivity contribution < 1.29 is 0 Å². The van der Waals surface area contributed by atoms with Crippen molar-refractivity contribution in [3.63, 3.8) is 0 Å². The summed E-state index contributed by atoms with van der Waals surface area (Å²) in [6, 6.07) is 14.9. The SMILES string of the molecule is Cc1nc2ccccc2n1C1CN(c2ccccn2)C1. The second-order valence-corrected chi connectivity index (χ2v) is 5.26. The van der Waals surface area contributed by atoms with Crippen molar-refractivity contribution in [3.05, 3.63) is 54.5 Å². The second kappa shape index (κ2) is 4.34. The van der Waals surface area contributed by atoms with Gasteiger partial charge in [0.2, 0.25) is 0 Å². The van der Waals surface area contributed by atoms with Crippen LogP contribution in [0.3, 0.4) is 0 Å². The van der Waals surface area contributed by atoms with Crippen molar-refractivity contribution in [1.29, 1.82) is 0 Å². The Morgan fingerprint density at radius 2 is 1.85 bits per heavy atom. The fourth-order valence-corrected chi connectivity index (χ4v) is 2.97. The van der Waals surface area contributed by atoms with Crippen LogP contribution in [0.15, 0.2) is 48.7 Å². The summed E-state index contributed by atoms with van der Waals surface area (Å²) in [5.74, 6) is 2.16. The van der Waals surface area contributed by atoms with Crippen LogP contribution in [0.5, 0.6) is 0 Å². The monoisotopic (exact) mass is 264 g/mol. The highest BCUT2D eigenvalue weighted by Gasteiger charge is 2.30. The molecule has 1 saturated heterocycles. The number of pyridine rings is 1. The standard InChI is InChI=1S/C16H16N4/c1-12-18-14-6-2-3-7-15(14)20(12)13-10-19(11-13)16-8-4-5-9-17-16/h2-9,13H,10-11H2,1H3. The fourth-order valence-electron chi connectivity index (χ4n) is 2.97. The maximum Gasteiger partial charge on any atom is 0.128 e. The van der Waals surface area contributed by atoms with Crippen LogP contribution in [0.1, 0.15) is 11.9 Å². The van der Waals surface area contributed by atoms with Gasteiger partial charge in [0.05, 0.1) is 17.1 Å². The van der Waals surface area contributed by atoms with E-state index in [1.54, 1.807) is 0 Å². The highest BCUT2D eigenvalue weighted by molar-refractivity contribution is 5.76. The maximum atomic E-state index is 4.64. The van der Waals surface area contributed by atoms with Crippen LogP contribution in [-0.4, -0.2) is 27.6 Å². The van der Waals surface area contributed by atoms with Gasteiger partial charge >= 0.3 is 0 Å². The fraction of sp³-hybridized carbons (Fsp3) is 0.250. The number of aromatic nitrogens is 3. The molecule has 0 bridgehead atoms. The molecular formula is C16H16N4. The van der Waals surface area contributed by atoms with Crippen molar-refractivity contribution in [2.75, 3.05) is 18.0 Å². The predicted octanol–water partition coefficient (Wildman–Crippen LogP) is 2.80. The molecule has 3 heterocycles. The largest absolute Gasteiger partial charge is 0.352 e. The van der Waals surface area contributed by atoms with Gasteiger partial charge in [0.1, 0.15) is 11.6 Å². The number of fused-ring (bicyclic) bond motifs is 1. The third kappa shape index (κ3) is 1.68.